The molecule has 0 spiro atoms. The molecule has 1 saturated carbocycles. The maximum absolute atomic E-state index is 14.6. The van der Waals surface area contributed by atoms with Crippen molar-refractivity contribution in [1.82, 2.24) is 20.2 Å². The topological polar surface area (TPSA) is 116 Å². The first kappa shape index (κ1) is 23.9. The van der Waals surface area contributed by atoms with Crippen LogP contribution in [0.4, 0.5) is 4.39 Å². The van der Waals surface area contributed by atoms with Crippen LogP contribution in [0.15, 0.2) is 47.8 Å². The minimum absolute atomic E-state index is 0.0286. The lowest BCUT2D eigenvalue weighted by atomic mass is 9.97. The van der Waals surface area contributed by atoms with Gasteiger partial charge in [-0.3, -0.25) is 9.59 Å². The highest BCUT2D eigenvalue weighted by atomic mass is 35.5. The number of allylic oxidation sites excluding steroid dienone is 2. The summed E-state index contributed by atoms with van der Waals surface area (Å²) in [6.45, 7) is 6.69. The van der Waals surface area contributed by atoms with Crippen molar-refractivity contribution in [2.45, 2.75) is 26.2 Å². The number of aliphatic imine (C=N–C) groups is 1. The highest BCUT2D eigenvalue weighted by Gasteiger charge is 2.48. The van der Waals surface area contributed by atoms with E-state index in [4.69, 9.17) is 17.3 Å². The standard InChI is InChI=1S/C24H28ClFN6O2/c1-3-20(26)23(31-21(27)19-11-30-22-17(19)7-15(25)10-29-22)28-9-14-5-4-6-32(12-14)24(34)18-8-16(18)13(2)33/h3,7,10-11,14,16,18,28H,1,4-6,8-9,12H2,2H3,(H2,27,31)(H,29,30)/b23-20+. The second kappa shape index (κ2) is 9.97. The number of ketones is 1. The molecular formula is C24H28ClFN6O2. The monoisotopic (exact) mass is 486 g/mol. The zero-order valence-electron chi connectivity index (χ0n) is 19.0. The fraction of sp³-hybridized carbons (Fsp3) is 0.417. The van der Waals surface area contributed by atoms with E-state index in [1.807, 2.05) is 4.90 Å². The van der Waals surface area contributed by atoms with Crippen molar-refractivity contribution in [1.29, 1.82) is 0 Å². The Balaban J connectivity index is 1.44. The summed E-state index contributed by atoms with van der Waals surface area (Å²) in [7, 11) is 0. The van der Waals surface area contributed by atoms with Crippen molar-refractivity contribution >= 4 is 40.2 Å². The molecule has 1 saturated heterocycles. The molecule has 0 radical (unpaired) electrons. The minimum atomic E-state index is -0.634. The summed E-state index contributed by atoms with van der Waals surface area (Å²) in [6, 6.07) is 1.71. The SMILES string of the molecule is C=C/C(F)=C(\N=C(N)c1c[nH]c2ncc(Cl)cc12)NCC1CCCN(C(=O)C2CC2C(C)=O)C1. The smallest absolute Gasteiger partial charge is 0.226 e. The van der Waals surface area contributed by atoms with Gasteiger partial charge in [0.25, 0.3) is 0 Å². The van der Waals surface area contributed by atoms with Gasteiger partial charge in [0.2, 0.25) is 5.91 Å². The Bertz CT molecular complexity index is 1190. The Kier molecular flexibility index (Phi) is 7.02. The number of H-pyrrole nitrogens is 1. The summed E-state index contributed by atoms with van der Waals surface area (Å²) in [5.41, 5.74) is 7.35. The predicted octanol–water partition coefficient (Wildman–Crippen LogP) is 3.30. The lowest BCUT2D eigenvalue weighted by molar-refractivity contribution is -0.135. The first-order valence-electron chi connectivity index (χ1n) is 11.3. The number of Topliss-reactive ketones (excluding diaryl/α,β-unsaturated/α-hetero) is 1. The molecule has 1 aliphatic heterocycles. The van der Waals surface area contributed by atoms with Gasteiger partial charge in [-0.15, -0.1) is 0 Å². The van der Waals surface area contributed by atoms with Crippen molar-refractivity contribution in [3.8, 4) is 0 Å². The van der Waals surface area contributed by atoms with E-state index >= 15 is 0 Å². The quantitative estimate of drug-likeness (QED) is 0.301. The number of amidine groups is 1. The summed E-state index contributed by atoms with van der Waals surface area (Å²) in [5, 5.41) is 4.17. The molecule has 2 aliphatic rings. The van der Waals surface area contributed by atoms with Gasteiger partial charge in [-0.1, -0.05) is 18.2 Å². The zero-order valence-corrected chi connectivity index (χ0v) is 19.7. The number of aromatic nitrogens is 2. The number of hydrogen-bond acceptors (Lipinski definition) is 5. The molecular weight excluding hydrogens is 459 g/mol. The number of fused-ring (bicyclic) bond motifs is 1. The van der Waals surface area contributed by atoms with Gasteiger partial charge in [0.05, 0.1) is 5.02 Å². The first-order chi connectivity index (χ1) is 16.3. The summed E-state index contributed by atoms with van der Waals surface area (Å²) in [6.07, 6.45) is 6.63. The van der Waals surface area contributed by atoms with Crippen LogP contribution in [-0.2, 0) is 9.59 Å². The molecule has 4 N–H and O–H groups in total. The fourth-order valence-corrected chi connectivity index (χ4v) is 4.63. The van der Waals surface area contributed by atoms with Gasteiger partial charge in [-0.2, -0.15) is 0 Å². The van der Waals surface area contributed by atoms with Crippen LogP contribution in [0, 0.1) is 17.8 Å². The third-order valence-electron chi connectivity index (χ3n) is 6.43. The van der Waals surface area contributed by atoms with Gasteiger partial charge < -0.3 is 20.9 Å². The van der Waals surface area contributed by atoms with Crippen molar-refractivity contribution < 1.29 is 14.0 Å². The maximum Gasteiger partial charge on any atom is 0.226 e. The van der Waals surface area contributed by atoms with E-state index < -0.39 is 5.83 Å². The third-order valence-corrected chi connectivity index (χ3v) is 6.64. The van der Waals surface area contributed by atoms with Crippen LogP contribution in [0.2, 0.25) is 5.02 Å². The third kappa shape index (κ3) is 5.14. The van der Waals surface area contributed by atoms with E-state index in [0.29, 0.717) is 47.7 Å². The zero-order chi connectivity index (χ0) is 24.4. The second-order valence-corrected chi connectivity index (χ2v) is 9.32. The number of carbonyl (C=O) groups is 2. The lowest BCUT2D eigenvalue weighted by Gasteiger charge is -2.33. The number of rotatable bonds is 8. The second-order valence-electron chi connectivity index (χ2n) is 8.88. The normalized spacial score (nSPS) is 23.4. The number of nitrogens with two attached hydrogens (primary N) is 1. The highest BCUT2D eigenvalue weighted by Crippen LogP contribution is 2.41. The Morgan fingerprint density at radius 3 is 2.97 bits per heavy atom. The van der Waals surface area contributed by atoms with Crippen LogP contribution in [0.5, 0.6) is 0 Å². The molecule has 8 nitrogen and oxygen atoms in total. The molecule has 0 aromatic carbocycles. The van der Waals surface area contributed by atoms with Crippen LogP contribution < -0.4 is 11.1 Å². The minimum Gasteiger partial charge on any atom is -0.383 e. The van der Waals surface area contributed by atoms with E-state index in [9.17, 15) is 14.0 Å². The number of amides is 1. The van der Waals surface area contributed by atoms with Crippen LogP contribution >= 0.6 is 11.6 Å². The number of pyridine rings is 1. The van der Waals surface area contributed by atoms with Crippen LogP contribution in [0.1, 0.15) is 31.7 Å². The van der Waals surface area contributed by atoms with Gasteiger partial charge in [0.15, 0.2) is 11.6 Å². The van der Waals surface area contributed by atoms with E-state index in [1.54, 1.807) is 12.3 Å². The average molecular weight is 487 g/mol. The van der Waals surface area contributed by atoms with Gasteiger partial charge in [-0.05, 0) is 44.2 Å². The van der Waals surface area contributed by atoms with Crippen LogP contribution in [-0.4, -0.2) is 52.0 Å². The van der Waals surface area contributed by atoms with Gasteiger partial charge >= 0.3 is 0 Å². The van der Waals surface area contributed by atoms with Crippen molar-refractivity contribution in [2.75, 3.05) is 19.6 Å². The predicted molar refractivity (Wildman–Crippen MR) is 130 cm³/mol. The average Bonchev–Trinajstić information content (AvgIpc) is 3.53. The number of piperidine rings is 1. The largest absolute Gasteiger partial charge is 0.383 e. The molecule has 2 aromatic heterocycles. The van der Waals surface area contributed by atoms with Crippen molar-refractivity contribution in [3.63, 3.8) is 0 Å². The van der Waals surface area contributed by atoms with Crippen molar-refractivity contribution in [2.24, 2.45) is 28.5 Å². The summed E-state index contributed by atoms with van der Waals surface area (Å²) in [5.74, 6) is -0.634. The summed E-state index contributed by atoms with van der Waals surface area (Å²) < 4.78 is 14.6. The van der Waals surface area contributed by atoms with Crippen molar-refractivity contribution in [3.05, 3.63) is 53.3 Å². The van der Waals surface area contributed by atoms with E-state index in [0.717, 1.165) is 18.9 Å². The van der Waals surface area contributed by atoms with E-state index in [1.165, 1.54) is 13.1 Å². The molecule has 1 aliphatic carbocycles. The molecule has 2 fully saturated rings. The molecule has 3 heterocycles. The van der Waals surface area contributed by atoms with E-state index in [-0.39, 0.29) is 41.1 Å². The number of hydrogen-bond donors (Lipinski definition) is 3. The molecule has 0 bridgehead atoms. The molecule has 34 heavy (non-hydrogen) atoms. The number of halogens is 2. The van der Waals surface area contributed by atoms with Gasteiger partial charge in [0.1, 0.15) is 17.3 Å². The van der Waals surface area contributed by atoms with Gasteiger partial charge in [-0.25, -0.2) is 14.4 Å². The number of nitrogens with one attached hydrogen (secondary N) is 2. The molecule has 10 heteroatoms. The van der Waals surface area contributed by atoms with Gasteiger partial charge in [0, 0.05) is 54.8 Å². The molecule has 4 rings (SSSR count). The number of likely N-dealkylation sites (tertiary alicyclic amines) is 1. The number of nitrogens with zero attached hydrogens (tertiary/aromatic N) is 3. The number of aromatic amines is 1. The summed E-state index contributed by atoms with van der Waals surface area (Å²) >= 11 is 6.05. The highest BCUT2D eigenvalue weighted by molar-refractivity contribution is 6.31. The van der Waals surface area contributed by atoms with Crippen LogP contribution in [0.3, 0.4) is 0 Å². The first-order valence-corrected chi connectivity index (χ1v) is 11.7. The fourth-order valence-electron chi connectivity index (χ4n) is 4.47. The number of carbonyl (C=O) groups excluding carboxylic acids is 2. The molecule has 3 unspecified atom stereocenters. The van der Waals surface area contributed by atoms with Crippen LogP contribution in [0.25, 0.3) is 11.0 Å². The lowest BCUT2D eigenvalue weighted by Crippen LogP contribution is -2.43. The molecule has 1 amide bonds. The maximum atomic E-state index is 14.6. The molecule has 3 atom stereocenters. The molecule has 180 valence electrons. The van der Waals surface area contributed by atoms with E-state index in [2.05, 4.69) is 26.9 Å². The Labute approximate surface area is 202 Å². The Morgan fingerprint density at radius 1 is 1.47 bits per heavy atom. The summed E-state index contributed by atoms with van der Waals surface area (Å²) in [4.78, 5) is 37.6. The molecule has 2 aromatic rings. The Morgan fingerprint density at radius 2 is 2.26 bits per heavy atom. The Hall–Kier alpha value is -3.20.